The van der Waals surface area contributed by atoms with Crippen LogP contribution >= 0.6 is 0 Å². The van der Waals surface area contributed by atoms with Crippen molar-refractivity contribution < 1.29 is 14.7 Å². The van der Waals surface area contributed by atoms with Crippen molar-refractivity contribution in [3.63, 3.8) is 0 Å². The van der Waals surface area contributed by atoms with Crippen LogP contribution in [0.25, 0.3) is 0 Å². The quantitative estimate of drug-likeness (QED) is 0.253. The number of nitrogens with two attached hydrogens (primary N) is 2. The van der Waals surface area contributed by atoms with Gasteiger partial charge in [-0.25, -0.2) is 5.84 Å². The first-order valence-electron chi connectivity index (χ1n) is 12.6. The number of benzene rings is 2. The van der Waals surface area contributed by atoms with E-state index >= 15 is 0 Å². The summed E-state index contributed by atoms with van der Waals surface area (Å²) in [5.41, 5.74) is 14.7. The number of hydrogen-bond donors (Lipinski definition) is 3. The van der Waals surface area contributed by atoms with E-state index in [-0.39, 0.29) is 12.3 Å². The fourth-order valence-corrected chi connectivity index (χ4v) is 4.93. The molecule has 8 heteroatoms. The van der Waals surface area contributed by atoms with E-state index in [1.54, 1.807) is 5.01 Å². The SMILES string of the molecule is CCN(N)c1ccc(C(CC(=O)O)c2ccc3c(n2)CN(C(=O)c2ccc(C)c(C)c2)CC3)c(C)c1N. The van der Waals surface area contributed by atoms with Gasteiger partial charge in [0.15, 0.2) is 0 Å². The van der Waals surface area contributed by atoms with E-state index in [0.29, 0.717) is 48.7 Å². The summed E-state index contributed by atoms with van der Waals surface area (Å²) in [5.74, 6) is 4.63. The van der Waals surface area contributed by atoms with Gasteiger partial charge in [-0.05, 0) is 86.2 Å². The van der Waals surface area contributed by atoms with Crippen LogP contribution in [0.15, 0.2) is 42.5 Å². The molecule has 0 radical (unpaired) electrons. The van der Waals surface area contributed by atoms with E-state index in [1.165, 1.54) is 0 Å². The molecule has 0 fully saturated rings. The number of carboxylic acids is 1. The molecule has 37 heavy (non-hydrogen) atoms. The largest absolute Gasteiger partial charge is 0.481 e. The minimum atomic E-state index is -0.924. The molecule has 1 aliphatic heterocycles. The van der Waals surface area contributed by atoms with Crippen molar-refractivity contribution in [2.24, 2.45) is 5.84 Å². The smallest absolute Gasteiger partial charge is 0.304 e. The molecule has 0 aliphatic carbocycles. The Morgan fingerprint density at radius 3 is 2.54 bits per heavy atom. The van der Waals surface area contributed by atoms with Crippen molar-refractivity contribution in [2.45, 2.75) is 53.0 Å². The van der Waals surface area contributed by atoms with Gasteiger partial charge in [-0.3, -0.25) is 14.6 Å². The number of hydrogen-bond acceptors (Lipinski definition) is 6. The number of aliphatic carboxylic acids is 1. The Morgan fingerprint density at radius 2 is 1.86 bits per heavy atom. The van der Waals surface area contributed by atoms with E-state index in [0.717, 1.165) is 33.5 Å². The van der Waals surface area contributed by atoms with Crippen LogP contribution in [0.2, 0.25) is 0 Å². The van der Waals surface area contributed by atoms with Gasteiger partial charge in [0, 0.05) is 30.3 Å². The summed E-state index contributed by atoms with van der Waals surface area (Å²) >= 11 is 0. The Kier molecular flexibility index (Phi) is 7.50. The van der Waals surface area contributed by atoms with Crippen LogP contribution in [0.5, 0.6) is 0 Å². The normalized spacial score (nSPS) is 13.7. The van der Waals surface area contributed by atoms with Crippen LogP contribution in [-0.4, -0.2) is 40.0 Å². The number of pyridine rings is 1. The van der Waals surface area contributed by atoms with Crippen LogP contribution in [0, 0.1) is 20.8 Å². The molecule has 8 nitrogen and oxygen atoms in total. The number of fused-ring (bicyclic) bond motifs is 1. The second-order valence-electron chi connectivity index (χ2n) is 9.77. The summed E-state index contributed by atoms with van der Waals surface area (Å²) in [6.07, 6.45) is 0.573. The van der Waals surface area contributed by atoms with Gasteiger partial charge in [0.2, 0.25) is 0 Å². The lowest BCUT2D eigenvalue weighted by atomic mass is 9.87. The molecule has 1 unspecified atom stereocenters. The number of nitrogen functional groups attached to an aromatic ring is 1. The number of carbonyl (C=O) groups excluding carboxylic acids is 1. The zero-order valence-electron chi connectivity index (χ0n) is 21.9. The van der Waals surface area contributed by atoms with E-state index in [2.05, 4.69) is 0 Å². The number of nitrogens with zero attached hydrogens (tertiary/aromatic N) is 3. The number of carbonyl (C=O) groups is 2. The van der Waals surface area contributed by atoms with Gasteiger partial charge in [-0.1, -0.05) is 18.2 Å². The number of hydrazine groups is 1. The zero-order chi connectivity index (χ0) is 26.9. The molecule has 194 valence electrons. The van der Waals surface area contributed by atoms with Crippen molar-refractivity contribution in [1.82, 2.24) is 9.88 Å². The van der Waals surface area contributed by atoms with Crippen molar-refractivity contribution >= 4 is 23.3 Å². The highest BCUT2D eigenvalue weighted by molar-refractivity contribution is 5.94. The Labute approximate surface area is 217 Å². The van der Waals surface area contributed by atoms with Crippen molar-refractivity contribution in [3.05, 3.63) is 87.2 Å². The van der Waals surface area contributed by atoms with E-state index < -0.39 is 11.9 Å². The summed E-state index contributed by atoms with van der Waals surface area (Å²) in [5, 5.41) is 11.3. The highest BCUT2D eigenvalue weighted by Crippen LogP contribution is 2.36. The van der Waals surface area contributed by atoms with Crippen molar-refractivity contribution in [1.29, 1.82) is 0 Å². The molecular formula is C29H35N5O3. The van der Waals surface area contributed by atoms with Gasteiger partial charge >= 0.3 is 5.97 Å². The van der Waals surface area contributed by atoms with Gasteiger partial charge in [0.25, 0.3) is 5.91 Å². The van der Waals surface area contributed by atoms with Crippen LogP contribution < -0.4 is 16.6 Å². The summed E-state index contributed by atoms with van der Waals surface area (Å²) in [6.45, 7) is 9.43. The lowest BCUT2D eigenvalue weighted by Gasteiger charge is -2.29. The Balaban J connectivity index is 1.67. The lowest BCUT2D eigenvalue weighted by Crippen LogP contribution is -2.36. The van der Waals surface area contributed by atoms with Gasteiger partial charge in [-0.15, -0.1) is 0 Å². The standard InChI is InChI=1S/C29H35N5O3/c1-5-34(31)26-11-9-22(19(4)28(26)30)23(15-27(35)36)24-10-8-20-12-13-33(16-25(20)32-24)29(37)21-7-6-17(2)18(3)14-21/h6-11,14,23H,5,12-13,15-16,30-31H2,1-4H3,(H,35,36). The minimum Gasteiger partial charge on any atom is -0.481 e. The summed E-state index contributed by atoms with van der Waals surface area (Å²) in [6, 6.07) is 13.4. The fourth-order valence-electron chi connectivity index (χ4n) is 4.93. The molecular weight excluding hydrogens is 466 g/mol. The van der Waals surface area contributed by atoms with Gasteiger partial charge in [0.1, 0.15) is 0 Å². The average molecular weight is 502 g/mol. The van der Waals surface area contributed by atoms with Crippen LogP contribution in [0.3, 0.4) is 0 Å². The van der Waals surface area contributed by atoms with E-state index in [9.17, 15) is 14.7 Å². The molecule has 2 aromatic carbocycles. The number of aromatic nitrogens is 1. The molecule has 1 aliphatic rings. The van der Waals surface area contributed by atoms with Gasteiger partial charge < -0.3 is 20.7 Å². The third-order valence-electron chi connectivity index (χ3n) is 7.42. The van der Waals surface area contributed by atoms with E-state index in [1.807, 2.05) is 75.1 Å². The topological polar surface area (TPSA) is 126 Å². The highest BCUT2D eigenvalue weighted by atomic mass is 16.4. The predicted molar refractivity (Wildman–Crippen MR) is 145 cm³/mol. The second kappa shape index (κ2) is 10.6. The molecule has 4 rings (SSSR count). The maximum Gasteiger partial charge on any atom is 0.304 e. The molecule has 1 amide bonds. The number of amides is 1. The number of carboxylic acid groups (broad SMARTS) is 1. The molecule has 0 bridgehead atoms. The molecule has 0 saturated heterocycles. The average Bonchev–Trinajstić information content (AvgIpc) is 2.89. The third kappa shape index (κ3) is 5.29. The summed E-state index contributed by atoms with van der Waals surface area (Å²) < 4.78 is 0. The Bertz CT molecular complexity index is 1350. The maximum absolute atomic E-state index is 13.2. The van der Waals surface area contributed by atoms with Crippen LogP contribution in [0.1, 0.15) is 68.8 Å². The van der Waals surface area contributed by atoms with Crippen LogP contribution in [-0.2, 0) is 17.8 Å². The predicted octanol–water partition coefficient (Wildman–Crippen LogP) is 4.09. The molecule has 0 spiro atoms. The monoisotopic (exact) mass is 501 g/mol. The molecule has 2 heterocycles. The zero-order valence-corrected chi connectivity index (χ0v) is 21.9. The molecule has 5 N–H and O–H groups in total. The fraction of sp³-hybridized carbons (Fsp3) is 0.345. The summed E-state index contributed by atoms with van der Waals surface area (Å²) in [4.78, 5) is 31.8. The first-order chi connectivity index (χ1) is 17.6. The van der Waals surface area contributed by atoms with E-state index in [4.69, 9.17) is 16.6 Å². The third-order valence-corrected chi connectivity index (χ3v) is 7.42. The second-order valence-corrected chi connectivity index (χ2v) is 9.77. The Morgan fingerprint density at radius 1 is 1.11 bits per heavy atom. The van der Waals surface area contributed by atoms with Gasteiger partial charge in [0.05, 0.1) is 30.0 Å². The van der Waals surface area contributed by atoms with Gasteiger partial charge in [-0.2, -0.15) is 0 Å². The number of anilines is 2. The maximum atomic E-state index is 13.2. The number of rotatable bonds is 7. The molecule has 1 atom stereocenters. The van der Waals surface area contributed by atoms with Crippen molar-refractivity contribution in [3.8, 4) is 0 Å². The first kappa shape index (κ1) is 26.2. The molecule has 1 aromatic heterocycles. The Hall–Kier alpha value is -3.91. The van der Waals surface area contributed by atoms with Crippen molar-refractivity contribution in [2.75, 3.05) is 23.8 Å². The minimum absolute atomic E-state index is 0.0236. The molecule has 0 saturated carbocycles. The first-order valence-corrected chi connectivity index (χ1v) is 12.6. The number of aryl methyl sites for hydroxylation is 2. The lowest BCUT2D eigenvalue weighted by molar-refractivity contribution is -0.137. The highest BCUT2D eigenvalue weighted by Gasteiger charge is 2.27. The summed E-state index contributed by atoms with van der Waals surface area (Å²) in [7, 11) is 0. The van der Waals surface area contributed by atoms with Crippen LogP contribution in [0.4, 0.5) is 11.4 Å². The molecule has 3 aromatic rings.